The molecule has 7 nitrogen and oxygen atoms in total. The first-order valence-electron chi connectivity index (χ1n) is 13.6. The minimum absolute atomic E-state index is 0.0172. The number of aliphatic carboxylic acids is 2. The zero-order valence-corrected chi connectivity index (χ0v) is 22.3. The van der Waals surface area contributed by atoms with Crippen LogP contribution in [0.2, 0.25) is 0 Å². The fourth-order valence-corrected chi connectivity index (χ4v) is 4.50. The number of hydrogen-bond donors (Lipinski definition) is 3. The number of aliphatic hydroxyl groups is 1. The van der Waals surface area contributed by atoms with Crippen LogP contribution in [0.25, 0.3) is 11.1 Å². The second-order valence-corrected chi connectivity index (χ2v) is 9.54. The maximum atomic E-state index is 11.2. The van der Waals surface area contributed by atoms with Gasteiger partial charge in [0.05, 0.1) is 19.8 Å². The van der Waals surface area contributed by atoms with E-state index in [1.54, 1.807) is 0 Å². The number of unbranched alkanes of at least 4 members (excludes halogenated alkanes) is 3. The van der Waals surface area contributed by atoms with E-state index in [1.165, 1.54) is 0 Å². The molecule has 0 bridgehead atoms. The van der Waals surface area contributed by atoms with E-state index in [4.69, 9.17) is 14.6 Å². The van der Waals surface area contributed by atoms with Crippen LogP contribution in [0.15, 0.2) is 66.7 Å². The van der Waals surface area contributed by atoms with Crippen LogP contribution < -0.4 is 9.47 Å². The van der Waals surface area contributed by atoms with Crippen molar-refractivity contribution >= 4 is 11.9 Å². The van der Waals surface area contributed by atoms with Crippen LogP contribution in [-0.4, -0.2) is 40.5 Å². The van der Waals surface area contributed by atoms with Crippen LogP contribution in [0.1, 0.15) is 61.6 Å². The van der Waals surface area contributed by atoms with E-state index < -0.39 is 11.9 Å². The minimum atomic E-state index is -0.862. The van der Waals surface area contributed by atoms with Gasteiger partial charge in [0.1, 0.15) is 11.5 Å². The van der Waals surface area contributed by atoms with Gasteiger partial charge in [-0.15, -0.1) is 0 Å². The molecule has 0 unspecified atom stereocenters. The number of carboxylic acid groups (broad SMARTS) is 2. The maximum Gasteiger partial charge on any atom is 0.303 e. The molecule has 0 aliphatic carbocycles. The van der Waals surface area contributed by atoms with Gasteiger partial charge in [-0.2, -0.15) is 0 Å². The summed E-state index contributed by atoms with van der Waals surface area (Å²) >= 11 is 0. The summed E-state index contributed by atoms with van der Waals surface area (Å²) in [6.45, 7) is 0.830. The Kier molecular flexibility index (Phi) is 12.3. The molecule has 208 valence electrons. The molecule has 0 spiro atoms. The molecule has 0 radical (unpaired) electrons. The van der Waals surface area contributed by atoms with Crippen molar-refractivity contribution < 1.29 is 34.4 Å². The molecule has 3 aromatic carbocycles. The number of hydrogen-bond acceptors (Lipinski definition) is 5. The zero-order valence-electron chi connectivity index (χ0n) is 22.3. The average molecular weight is 535 g/mol. The highest BCUT2D eigenvalue weighted by Gasteiger charge is 2.12. The summed E-state index contributed by atoms with van der Waals surface area (Å²) in [7, 11) is 0. The van der Waals surface area contributed by atoms with Crippen molar-refractivity contribution in [2.45, 2.75) is 64.4 Å². The Bertz CT molecular complexity index is 1190. The molecular formula is C32H38O7. The molecule has 3 rings (SSSR count). The lowest BCUT2D eigenvalue weighted by molar-refractivity contribution is -0.138. The second kappa shape index (κ2) is 16.2. The van der Waals surface area contributed by atoms with Crippen molar-refractivity contribution in [1.82, 2.24) is 0 Å². The smallest absolute Gasteiger partial charge is 0.303 e. The Labute approximate surface area is 230 Å². The van der Waals surface area contributed by atoms with Crippen LogP contribution in [0.5, 0.6) is 11.5 Å². The van der Waals surface area contributed by atoms with Gasteiger partial charge in [0.15, 0.2) is 0 Å². The van der Waals surface area contributed by atoms with Crippen LogP contribution in [0.3, 0.4) is 0 Å². The van der Waals surface area contributed by atoms with E-state index in [0.29, 0.717) is 25.2 Å². The highest BCUT2D eigenvalue weighted by Crippen LogP contribution is 2.28. The summed E-state index contributed by atoms with van der Waals surface area (Å²) in [6.07, 6.45) is 5.53. The Morgan fingerprint density at radius 2 is 1.41 bits per heavy atom. The van der Waals surface area contributed by atoms with Crippen LogP contribution in [0.4, 0.5) is 0 Å². The van der Waals surface area contributed by atoms with Gasteiger partial charge in [0.2, 0.25) is 0 Å². The summed E-state index contributed by atoms with van der Waals surface area (Å²) in [5.74, 6) is -0.322. The van der Waals surface area contributed by atoms with E-state index in [-0.39, 0.29) is 26.1 Å². The molecule has 0 aliphatic heterocycles. The topological polar surface area (TPSA) is 113 Å². The number of rotatable bonds is 18. The first kappa shape index (κ1) is 29.7. The summed E-state index contributed by atoms with van der Waals surface area (Å²) in [5, 5.41) is 27.7. The van der Waals surface area contributed by atoms with Gasteiger partial charge >= 0.3 is 11.9 Å². The summed E-state index contributed by atoms with van der Waals surface area (Å²) in [4.78, 5) is 21.9. The zero-order chi connectivity index (χ0) is 27.9. The summed E-state index contributed by atoms with van der Waals surface area (Å²) in [5.41, 5.74) is 4.89. The van der Waals surface area contributed by atoms with Crippen molar-refractivity contribution in [3.05, 3.63) is 83.4 Å². The highest BCUT2D eigenvalue weighted by molar-refractivity contribution is 5.68. The predicted molar refractivity (Wildman–Crippen MR) is 150 cm³/mol. The first-order chi connectivity index (χ1) is 19.0. The lowest BCUT2D eigenvalue weighted by Crippen LogP contribution is -2.07. The van der Waals surface area contributed by atoms with Crippen LogP contribution in [0, 0.1) is 0 Å². The molecule has 3 aromatic rings. The highest BCUT2D eigenvalue weighted by atomic mass is 16.5. The first-order valence-corrected chi connectivity index (χ1v) is 13.6. The fourth-order valence-electron chi connectivity index (χ4n) is 4.50. The Hall–Kier alpha value is -3.84. The third kappa shape index (κ3) is 10.4. The number of aliphatic hydroxyl groups excluding tert-OH is 1. The van der Waals surface area contributed by atoms with E-state index in [1.807, 2.05) is 66.7 Å². The lowest BCUT2D eigenvalue weighted by Gasteiger charge is -2.15. The fraction of sp³-hybridized carbons (Fsp3) is 0.375. The number of carbonyl (C=O) groups is 2. The quantitative estimate of drug-likeness (QED) is 0.164. The van der Waals surface area contributed by atoms with Gasteiger partial charge < -0.3 is 24.8 Å². The third-order valence-electron chi connectivity index (χ3n) is 6.48. The van der Waals surface area contributed by atoms with Gasteiger partial charge in [-0.3, -0.25) is 9.59 Å². The monoisotopic (exact) mass is 534 g/mol. The SMILES string of the molecule is O=C(O)CCCOc1cccc(CCCCCCOc2cc(CO)cc(-c3ccccc3)c2)c1CCC(=O)O. The molecule has 0 aromatic heterocycles. The van der Waals surface area contributed by atoms with Crippen LogP contribution >= 0.6 is 0 Å². The predicted octanol–water partition coefficient (Wildman–Crippen LogP) is 6.29. The maximum absolute atomic E-state index is 11.2. The van der Waals surface area contributed by atoms with Gasteiger partial charge in [-0.25, -0.2) is 0 Å². The normalized spacial score (nSPS) is 10.8. The van der Waals surface area contributed by atoms with Crippen molar-refractivity contribution in [2.75, 3.05) is 13.2 Å². The second-order valence-electron chi connectivity index (χ2n) is 9.54. The molecule has 0 saturated carbocycles. The minimum Gasteiger partial charge on any atom is -0.494 e. The molecule has 0 heterocycles. The standard InChI is InChI=1S/C32H38O7/c33-23-24-20-27(25-10-5-3-6-11-25)22-28(21-24)38-18-7-2-1-4-12-26-13-8-14-30(29(26)16-17-32(36)37)39-19-9-15-31(34)35/h3,5-6,8,10-11,13-14,20-22,33H,1-2,4,7,9,12,15-19,23H2,(H,34,35)(H,36,37). The average Bonchev–Trinajstić information content (AvgIpc) is 2.94. The molecule has 0 saturated heterocycles. The van der Waals surface area contributed by atoms with E-state index in [0.717, 1.165) is 65.7 Å². The van der Waals surface area contributed by atoms with E-state index in [9.17, 15) is 19.8 Å². The number of carboxylic acids is 2. The van der Waals surface area contributed by atoms with Gasteiger partial charge in [0.25, 0.3) is 0 Å². The molecule has 0 fully saturated rings. The van der Waals surface area contributed by atoms with Crippen molar-refractivity contribution in [3.8, 4) is 22.6 Å². The van der Waals surface area contributed by atoms with Gasteiger partial charge in [-0.1, -0.05) is 55.3 Å². The Morgan fingerprint density at radius 3 is 2.15 bits per heavy atom. The molecular weight excluding hydrogens is 496 g/mol. The molecule has 3 N–H and O–H groups in total. The Balaban J connectivity index is 1.47. The van der Waals surface area contributed by atoms with Crippen molar-refractivity contribution in [3.63, 3.8) is 0 Å². The molecule has 39 heavy (non-hydrogen) atoms. The van der Waals surface area contributed by atoms with Gasteiger partial charge in [-0.05, 0) is 84.2 Å². The molecule has 0 amide bonds. The largest absolute Gasteiger partial charge is 0.494 e. The van der Waals surface area contributed by atoms with E-state index in [2.05, 4.69) is 0 Å². The van der Waals surface area contributed by atoms with E-state index >= 15 is 0 Å². The van der Waals surface area contributed by atoms with Crippen molar-refractivity contribution in [1.29, 1.82) is 0 Å². The van der Waals surface area contributed by atoms with Crippen LogP contribution in [-0.2, 0) is 29.0 Å². The Morgan fingerprint density at radius 1 is 0.667 bits per heavy atom. The number of benzene rings is 3. The van der Waals surface area contributed by atoms with Crippen molar-refractivity contribution in [2.24, 2.45) is 0 Å². The summed E-state index contributed by atoms with van der Waals surface area (Å²) < 4.78 is 11.8. The third-order valence-corrected chi connectivity index (χ3v) is 6.48. The molecule has 0 atom stereocenters. The molecule has 7 heteroatoms. The number of aryl methyl sites for hydroxylation is 1. The lowest BCUT2D eigenvalue weighted by atomic mass is 9.97. The molecule has 0 aliphatic rings. The van der Waals surface area contributed by atoms with Gasteiger partial charge in [0, 0.05) is 12.8 Å². The number of ether oxygens (including phenoxy) is 2. The summed E-state index contributed by atoms with van der Waals surface area (Å²) in [6, 6.07) is 21.6.